The number of para-hydroxylation sites is 1. The highest BCUT2D eigenvalue weighted by molar-refractivity contribution is 5.85. The van der Waals surface area contributed by atoms with Crippen molar-refractivity contribution < 1.29 is 0 Å². The Balaban J connectivity index is 0. The van der Waals surface area contributed by atoms with E-state index < -0.39 is 0 Å². The van der Waals surface area contributed by atoms with Crippen LogP contribution in [-0.4, -0.2) is 6.54 Å². The van der Waals surface area contributed by atoms with Gasteiger partial charge in [-0.05, 0) is 25.5 Å². The van der Waals surface area contributed by atoms with E-state index in [1.165, 1.54) is 0 Å². The Morgan fingerprint density at radius 3 is 2.57 bits per heavy atom. The summed E-state index contributed by atoms with van der Waals surface area (Å²) in [6, 6.07) is 7.88. The minimum Gasteiger partial charge on any atom is -0.384 e. The van der Waals surface area contributed by atoms with Gasteiger partial charge in [0.25, 0.3) is 0 Å². The van der Waals surface area contributed by atoms with Gasteiger partial charge in [0, 0.05) is 6.54 Å². The van der Waals surface area contributed by atoms with Crippen LogP contribution in [0, 0.1) is 18.3 Å². The minimum atomic E-state index is 0. The van der Waals surface area contributed by atoms with Crippen LogP contribution in [0.5, 0.6) is 0 Å². The van der Waals surface area contributed by atoms with Gasteiger partial charge in [0.1, 0.15) is 6.07 Å². The average molecular weight is 214 g/mol. The van der Waals surface area contributed by atoms with Crippen molar-refractivity contribution in [2.45, 2.75) is 13.8 Å². The van der Waals surface area contributed by atoms with E-state index in [1.807, 2.05) is 32.0 Å². The monoisotopic (exact) mass is 213 g/mol. The standard InChI is InChI=1S/C10H12N2.ClH.H3N/c1-3-12-10-8(2)5-4-6-9(10)7-11;;/h4-6,12H,3H2,1-2H3;1H;1H3. The molecule has 0 bridgehead atoms. The smallest absolute Gasteiger partial charge is 0.101 e. The lowest BCUT2D eigenvalue weighted by Gasteiger charge is -2.08. The molecule has 1 rings (SSSR count). The molecule has 0 heterocycles. The van der Waals surface area contributed by atoms with Crippen molar-refractivity contribution in [1.82, 2.24) is 6.15 Å². The third-order valence-corrected chi connectivity index (χ3v) is 1.75. The normalized spacial score (nSPS) is 7.79. The summed E-state index contributed by atoms with van der Waals surface area (Å²) in [5, 5.41) is 12.0. The first-order valence-electron chi connectivity index (χ1n) is 4.03. The Morgan fingerprint density at radius 1 is 1.43 bits per heavy atom. The Labute approximate surface area is 91.1 Å². The van der Waals surface area contributed by atoms with Crippen LogP contribution >= 0.6 is 12.4 Å². The second-order valence-electron chi connectivity index (χ2n) is 2.64. The molecule has 0 aliphatic rings. The van der Waals surface area contributed by atoms with Crippen molar-refractivity contribution in [3.05, 3.63) is 29.3 Å². The molecule has 0 aliphatic carbocycles. The molecular weight excluding hydrogens is 198 g/mol. The Bertz CT molecular complexity index is 318. The van der Waals surface area contributed by atoms with Crippen molar-refractivity contribution in [3.63, 3.8) is 0 Å². The Kier molecular flexibility index (Phi) is 7.83. The van der Waals surface area contributed by atoms with Gasteiger partial charge in [0.05, 0.1) is 11.3 Å². The predicted octanol–water partition coefficient (Wildman–Crippen LogP) is 2.88. The van der Waals surface area contributed by atoms with Gasteiger partial charge in [-0.3, -0.25) is 0 Å². The zero-order chi connectivity index (χ0) is 8.97. The van der Waals surface area contributed by atoms with Crippen molar-refractivity contribution in [2.75, 3.05) is 11.9 Å². The first-order valence-corrected chi connectivity index (χ1v) is 4.03. The fourth-order valence-corrected chi connectivity index (χ4v) is 1.17. The molecule has 0 fully saturated rings. The maximum absolute atomic E-state index is 8.78. The predicted molar refractivity (Wildman–Crippen MR) is 62.3 cm³/mol. The summed E-state index contributed by atoms with van der Waals surface area (Å²) in [7, 11) is 0. The quantitative estimate of drug-likeness (QED) is 0.794. The van der Waals surface area contributed by atoms with E-state index in [-0.39, 0.29) is 18.6 Å². The van der Waals surface area contributed by atoms with Crippen LogP contribution in [0.1, 0.15) is 18.1 Å². The number of nitriles is 1. The van der Waals surface area contributed by atoms with Gasteiger partial charge in [-0.2, -0.15) is 5.26 Å². The first kappa shape index (κ1) is 15.2. The average Bonchev–Trinajstić information content (AvgIpc) is 2.09. The van der Waals surface area contributed by atoms with E-state index in [9.17, 15) is 0 Å². The maximum Gasteiger partial charge on any atom is 0.101 e. The molecule has 4 N–H and O–H groups in total. The lowest BCUT2D eigenvalue weighted by Crippen LogP contribution is -2.00. The van der Waals surface area contributed by atoms with Gasteiger partial charge in [0.15, 0.2) is 0 Å². The number of nitrogens with zero attached hydrogens (tertiary/aromatic N) is 1. The lowest BCUT2D eigenvalue weighted by atomic mass is 10.1. The largest absolute Gasteiger partial charge is 0.384 e. The molecule has 14 heavy (non-hydrogen) atoms. The molecule has 0 saturated heterocycles. The summed E-state index contributed by atoms with van der Waals surface area (Å²) >= 11 is 0. The van der Waals surface area contributed by atoms with Crippen LogP contribution in [0.25, 0.3) is 0 Å². The molecule has 0 amide bonds. The van der Waals surface area contributed by atoms with Crippen molar-refractivity contribution in [3.8, 4) is 6.07 Å². The Hall–Kier alpha value is -1.24. The number of hydrogen-bond donors (Lipinski definition) is 2. The number of aryl methyl sites for hydroxylation is 1. The number of nitrogens with one attached hydrogen (secondary N) is 1. The van der Waals surface area contributed by atoms with E-state index in [4.69, 9.17) is 5.26 Å². The molecule has 0 spiro atoms. The molecule has 3 nitrogen and oxygen atoms in total. The highest BCUT2D eigenvalue weighted by atomic mass is 35.5. The molecule has 78 valence electrons. The molecule has 1 aromatic rings. The van der Waals surface area contributed by atoms with E-state index >= 15 is 0 Å². The summed E-state index contributed by atoms with van der Waals surface area (Å²) in [4.78, 5) is 0. The van der Waals surface area contributed by atoms with E-state index in [2.05, 4.69) is 11.4 Å². The van der Waals surface area contributed by atoms with Gasteiger partial charge in [-0.25, -0.2) is 0 Å². The van der Waals surface area contributed by atoms with E-state index in [0.29, 0.717) is 0 Å². The van der Waals surface area contributed by atoms with Crippen LogP contribution in [-0.2, 0) is 0 Å². The fraction of sp³-hybridized carbons (Fsp3) is 0.300. The zero-order valence-electron chi connectivity index (χ0n) is 8.50. The highest BCUT2D eigenvalue weighted by Gasteiger charge is 2.01. The van der Waals surface area contributed by atoms with Crippen molar-refractivity contribution >= 4 is 18.1 Å². The van der Waals surface area contributed by atoms with E-state index in [0.717, 1.165) is 23.4 Å². The third-order valence-electron chi connectivity index (χ3n) is 1.75. The number of anilines is 1. The summed E-state index contributed by atoms with van der Waals surface area (Å²) < 4.78 is 0. The molecule has 0 aliphatic heterocycles. The van der Waals surface area contributed by atoms with Gasteiger partial charge < -0.3 is 11.5 Å². The first-order chi connectivity index (χ1) is 5.79. The van der Waals surface area contributed by atoms with Crippen molar-refractivity contribution in [2.24, 2.45) is 0 Å². The molecule has 0 atom stereocenters. The topological polar surface area (TPSA) is 70.8 Å². The maximum atomic E-state index is 8.78. The molecule has 4 heteroatoms. The fourth-order valence-electron chi connectivity index (χ4n) is 1.17. The highest BCUT2D eigenvalue weighted by Crippen LogP contribution is 2.18. The number of benzene rings is 1. The Morgan fingerprint density at radius 2 is 2.07 bits per heavy atom. The molecule has 0 saturated carbocycles. The molecule has 0 radical (unpaired) electrons. The zero-order valence-corrected chi connectivity index (χ0v) is 9.32. The summed E-state index contributed by atoms with van der Waals surface area (Å²) in [6.45, 7) is 4.87. The summed E-state index contributed by atoms with van der Waals surface area (Å²) in [6.07, 6.45) is 0. The van der Waals surface area contributed by atoms with E-state index in [1.54, 1.807) is 0 Å². The number of hydrogen-bond acceptors (Lipinski definition) is 3. The summed E-state index contributed by atoms with van der Waals surface area (Å²) in [5.74, 6) is 0. The molecule has 0 aromatic heterocycles. The van der Waals surface area contributed by atoms with Gasteiger partial charge in [-0.15, -0.1) is 12.4 Å². The van der Waals surface area contributed by atoms with Crippen LogP contribution in [0.15, 0.2) is 18.2 Å². The lowest BCUT2D eigenvalue weighted by molar-refractivity contribution is 1.19. The molecule has 1 aromatic carbocycles. The van der Waals surface area contributed by atoms with Crippen molar-refractivity contribution in [1.29, 1.82) is 5.26 Å². The second-order valence-corrected chi connectivity index (χ2v) is 2.64. The molecule has 0 unspecified atom stereocenters. The molecular formula is C10H16ClN3. The number of halogens is 1. The summed E-state index contributed by atoms with van der Waals surface area (Å²) in [5.41, 5.74) is 2.80. The van der Waals surface area contributed by atoms with Crippen LogP contribution < -0.4 is 11.5 Å². The minimum absolute atomic E-state index is 0. The van der Waals surface area contributed by atoms with Crippen LogP contribution in [0.4, 0.5) is 5.69 Å². The van der Waals surface area contributed by atoms with Gasteiger partial charge in [-0.1, -0.05) is 12.1 Å². The number of rotatable bonds is 2. The van der Waals surface area contributed by atoms with Crippen LogP contribution in [0.2, 0.25) is 0 Å². The van der Waals surface area contributed by atoms with Gasteiger partial charge in [0.2, 0.25) is 0 Å². The van der Waals surface area contributed by atoms with Crippen LogP contribution in [0.3, 0.4) is 0 Å². The van der Waals surface area contributed by atoms with Gasteiger partial charge >= 0.3 is 0 Å². The second kappa shape index (κ2) is 7.19. The third kappa shape index (κ3) is 3.25. The SMILES string of the molecule is CCNc1c(C)cccc1C#N.Cl.N.